The summed E-state index contributed by atoms with van der Waals surface area (Å²) < 4.78 is 0. The highest BCUT2D eigenvalue weighted by Crippen LogP contribution is 2.32. The minimum absolute atomic E-state index is 0.371. The molecule has 0 radical (unpaired) electrons. The van der Waals surface area contributed by atoms with Gasteiger partial charge in [-0.15, -0.1) is 0 Å². The number of nitrogens with zero attached hydrogens (tertiary/aromatic N) is 1. The van der Waals surface area contributed by atoms with Crippen molar-refractivity contribution in [3.63, 3.8) is 0 Å². The molecule has 4 fully saturated rings. The zero-order valence-electron chi connectivity index (χ0n) is 13.0. The molecular formula is C17H29N3O. The van der Waals surface area contributed by atoms with E-state index in [4.69, 9.17) is 0 Å². The van der Waals surface area contributed by atoms with E-state index in [9.17, 15) is 4.79 Å². The molecule has 2 saturated carbocycles. The summed E-state index contributed by atoms with van der Waals surface area (Å²) in [6.45, 7) is 0.980. The van der Waals surface area contributed by atoms with Crippen LogP contribution in [0.25, 0.3) is 0 Å². The molecule has 1 amide bonds. The van der Waals surface area contributed by atoms with E-state index < -0.39 is 0 Å². The summed E-state index contributed by atoms with van der Waals surface area (Å²) in [5.41, 5.74) is 0. The van der Waals surface area contributed by atoms with Crippen molar-refractivity contribution in [1.82, 2.24) is 15.5 Å². The van der Waals surface area contributed by atoms with Gasteiger partial charge in [0, 0.05) is 37.0 Å². The van der Waals surface area contributed by atoms with Crippen molar-refractivity contribution in [3.05, 3.63) is 0 Å². The first kappa shape index (κ1) is 14.0. The number of amides is 1. The molecule has 2 saturated heterocycles. The number of fused-ring (bicyclic) bond motifs is 1. The molecule has 2 aliphatic carbocycles. The van der Waals surface area contributed by atoms with Gasteiger partial charge in [0.1, 0.15) is 0 Å². The molecular weight excluding hydrogens is 262 g/mol. The smallest absolute Gasteiger partial charge is 0.223 e. The lowest BCUT2D eigenvalue weighted by molar-refractivity contribution is -0.130. The van der Waals surface area contributed by atoms with Gasteiger partial charge in [0.05, 0.1) is 6.17 Å². The second-order valence-electron chi connectivity index (χ2n) is 7.61. The molecule has 0 bridgehead atoms. The highest BCUT2D eigenvalue weighted by atomic mass is 16.2. The van der Waals surface area contributed by atoms with Crippen LogP contribution < -0.4 is 10.6 Å². The Labute approximate surface area is 128 Å². The third-order valence-corrected chi connectivity index (χ3v) is 6.23. The van der Waals surface area contributed by atoms with Crippen molar-refractivity contribution in [2.45, 2.75) is 88.5 Å². The second kappa shape index (κ2) is 5.88. The van der Waals surface area contributed by atoms with Crippen molar-refractivity contribution < 1.29 is 4.79 Å². The summed E-state index contributed by atoms with van der Waals surface area (Å²) in [5.74, 6) is 0.885. The molecule has 2 N–H and O–H groups in total. The predicted molar refractivity (Wildman–Crippen MR) is 82.8 cm³/mol. The molecule has 4 nitrogen and oxygen atoms in total. The number of carbonyl (C=O) groups is 1. The minimum Gasteiger partial charge on any atom is -0.339 e. The standard InChI is InChI=1S/C17H29N3O/c21-16-10-12(11-20(16)13-6-2-1-3-7-13)17-18-14-8-4-5-9-15(14)19-17/h12-15,17-19H,1-11H2. The van der Waals surface area contributed by atoms with Crippen LogP contribution in [-0.2, 0) is 4.79 Å². The molecule has 0 aromatic heterocycles. The third kappa shape index (κ3) is 2.72. The summed E-state index contributed by atoms with van der Waals surface area (Å²) in [6.07, 6.45) is 12.9. The first-order valence-electron chi connectivity index (χ1n) is 9.13. The molecule has 3 unspecified atom stereocenters. The largest absolute Gasteiger partial charge is 0.339 e. The lowest BCUT2D eigenvalue weighted by Gasteiger charge is -2.31. The average molecular weight is 291 g/mol. The van der Waals surface area contributed by atoms with E-state index in [-0.39, 0.29) is 0 Å². The number of likely N-dealkylation sites (tertiary alicyclic amines) is 1. The van der Waals surface area contributed by atoms with Gasteiger partial charge in [-0.25, -0.2) is 0 Å². The van der Waals surface area contributed by atoms with Crippen molar-refractivity contribution in [3.8, 4) is 0 Å². The first-order valence-corrected chi connectivity index (χ1v) is 9.13. The number of hydrogen-bond acceptors (Lipinski definition) is 3. The van der Waals surface area contributed by atoms with E-state index in [0.717, 1.165) is 13.0 Å². The summed E-state index contributed by atoms with van der Waals surface area (Å²) in [6, 6.07) is 1.85. The minimum atomic E-state index is 0.371. The van der Waals surface area contributed by atoms with Crippen LogP contribution in [0.1, 0.15) is 64.2 Å². The van der Waals surface area contributed by atoms with Crippen LogP contribution >= 0.6 is 0 Å². The molecule has 3 atom stereocenters. The van der Waals surface area contributed by atoms with Gasteiger partial charge in [0.15, 0.2) is 0 Å². The molecule has 0 spiro atoms. The molecule has 2 aliphatic heterocycles. The van der Waals surface area contributed by atoms with Gasteiger partial charge in [-0.3, -0.25) is 15.4 Å². The van der Waals surface area contributed by atoms with Gasteiger partial charge >= 0.3 is 0 Å². The van der Waals surface area contributed by atoms with Crippen LogP contribution in [0.5, 0.6) is 0 Å². The molecule has 0 aromatic carbocycles. The van der Waals surface area contributed by atoms with Gasteiger partial charge in [-0.2, -0.15) is 0 Å². The fourth-order valence-electron chi connectivity index (χ4n) is 5.04. The third-order valence-electron chi connectivity index (χ3n) is 6.23. The molecule has 118 valence electrons. The van der Waals surface area contributed by atoms with Gasteiger partial charge in [0.25, 0.3) is 0 Å². The van der Waals surface area contributed by atoms with Crippen LogP contribution in [0.4, 0.5) is 0 Å². The van der Waals surface area contributed by atoms with Gasteiger partial charge in [-0.05, 0) is 25.7 Å². The summed E-state index contributed by atoms with van der Waals surface area (Å²) >= 11 is 0. The van der Waals surface area contributed by atoms with Gasteiger partial charge < -0.3 is 4.90 Å². The molecule has 0 aromatic rings. The Morgan fingerprint density at radius 2 is 1.48 bits per heavy atom. The Morgan fingerprint density at radius 3 is 2.14 bits per heavy atom. The number of carbonyl (C=O) groups excluding carboxylic acids is 1. The van der Waals surface area contributed by atoms with Gasteiger partial charge in [0.2, 0.25) is 5.91 Å². The van der Waals surface area contributed by atoms with E-state index in [1.807, 2.05) is 0 Å². The van der Waals surface area contributed by atoms with Crippen LogP contribution in [0.2, 0.25) is 0 Å². The van der Waals surface area contributed by atoms with E-state index in [0.29, 0.717) is 36.1 Å². The molecule has 4 heteroatoms. The topological polar surface area (TPSA) is 44.4 Å². The monoisotopic (exact) mass is 291 g/mol. The first-order chi connectivity index (χ1) is 10.3. The molecule has 4 rings (SSSR count). The zero-order chi connectivity index (χ0) is 14.2. The quantitative estimate of drug-likeness (QED) is 0.818. The maximum atomic E-state index is 12.4. The van der Waals surface area contributed by atoms with Crippen LogP contribution in [0.15, 0.2) is 0 Å². The Hall–Kier alpha value is -0.610. The number of rotatable bonds is 2. The maximum absolute atomic E-state index is 12.4. The highest BCUT2D eigenvalue weighted by molar-refractivity contribution is 5.79. The fourth-order valence-corrected chi connectivity index (χ4v) is 5.04. The van der Waals surface area contributed by atoms with E-state index in [1.165, 1.54) is 57.8 Å². The second-order valence-corrected chi connectivity index (χ2v) is 7.61. The van der Waals surface area contributed by atoms with Crippen molar-refractivity contribution in [2.24, 2.45) is 5.92 Å². The Morgan fingerprint density at radius 1 is 0.857 bits per heavy atom. The predicted octanol–water partition coefficient (Wildman–Crippen LogP) is 2.00. The van der Waals surface area contributed by atoms with E-state index in [2.05, 4.69) is 15.5 Å². The van der Waals surface area contributed by atoms with Crippen LogP contribution in [0.3, 0.4) is 0 Å². The fraction of sp³-hybridized carbons (Fsp3) is 0.941. The molecule has 2 heterocycles. The normalized spacial score (nSPS) is 41.5. The lowest BCUT2D eigenvalue weighted by Crippen LogP contribution is -2.43. The maximum Gasteiger partial charge on any atom is 0.223 e. The molecule has 21 heavy (non-hydrogen) atoms. The van der Waals surface area contributed by atoms with Crippen molar-refractivity contribution >= 4 is 5.91 Å². The molecule has 4 aliphatic rings. The van der Waals surface area contributed by atoms with Gasteiger partial charge in [-0.1, -0.05) is 32.1 Å². The Balaban J connectivity index is 1.37. The van der Waals surface area contributed by atoms with Crippen LogP contribution in [0, 0.1) is 5.92 Å². The van der Waals surface area contributed by atoms with Crippen LogP contribution in [-0.4, -0.2) is 41.6 Å². The average Bonchev–Trinajstić information content (AvgIpc) is 3.11. The summed E-state index contributed by atoms with van der Waals surface area (Å²) in [7, 11) is 0. The van der Waals surface area contributed by atoms with Crippen molar-refractivity contribution in [1.29, 1.82) is 0 Å². The Bertz CT molecular complexity index is 379. The lowest BCUT2D eigenvalue weighted by atomic mass is 9.92. The zero-order valence-corrected chi connectivity index (χ0v) is 13.0. The summed E-state index contributed by atoms with van der Waals surface area (Å²) in [5, 5.41) is 7.58. The van der Waals surface area contributed by atoms with E-state index in [1.54, 1.807) is 0 Å². The summed E-state index contributed by atoms with van der Waals surface area (Å²) in [4.78, 5) is 14.6. The number of nitrogens with one attached hydrogen (secondary N) is 2. The van der Waals surface area contributed by atoms with E-state index >= 15 is 0 Å². The Kier molecular flexibility index (Phi) is 3.92. The number of hydrogen-bond donors (Lipinski definition) is 2. The SMILES string of the molecule is O=C1CC(C2NC3CCCCC3N2)CN1C1CCCCC1. The highest BCUT2D eigenvalue weighted by Gasteiger charge is 2.43. The van der Waals surface area contributed by atoms with Crippen molar-refractivity contribution in [2.75, 3.05) is 6.54 Å².